The molecule has 11 heavy (non-hydrogen) atoms. The SMILES string of the molecule is Cc1c(Br)cc(F)c(O)c1I. The van der Waals surface area contributed by atoms with E-state index in [0.717, 1.165) is 5.56 Å². The molecule has 0 fully saturated rings. The van der Waals surface area contributed by atoms with Gasteiger partial charge in [-0.05, 0) is 41.1 Å². The van der Waals surface area contributed by atoms with Crippen LogP contribution in [-0.4, -0.2) is 5.11 Å². The molecule has 1 nitrogen and oxygen atoms in total. The summed E-state index contributed by atoms with van der Waals surface area (Å²) < 4.78 is 14.0. The van der Waals surface area contributed by atoms with Crippen molar-refractivity contribution in [2.24, 2.45) is 0 Å². The Morgan fingerprint density at radius 2 is 2.18 bits per heavy atom. The molecule has 0 atom stereocenters. The zero-order valence-corrected chi connectivity index (χ0v) is 9.40. The van der Waals surface area contributed by atoms with E-state index in [1.807, 2.05) is 29.5 Å². The van der Waals surface area contributed by atoms with Gasteiger partial charge in [0.1, 0.15) is 0 Å². The molecule has 0 aromatic heterocycles. The average molecular weight is 331 g/mol. The van der Waals surface area contributed by atoms with Gasteiger partial charge >= 0.3 is 0 Å². The summed E-state index contributed by atoms with van der Waals surface area (Å²) in [6.07, 6.45) is 0. The van der Waals surface area contributed by atoms with Crippen molar-refractivity contribution in [1.29, 1.82) is 0 Å². The molecule has 0 aliphatic carbocycles. The Morgan fingerprint density at radius 1 is 1.64 bits per heavy atom. The monoisotopic (exact) mass is 330 g/mol. The zero-order chi connectivity index (χ0) is 8.59. The predicted molar refractivity (Wildman–Crippen MR) is 53.2 cm³/mol. The van der Waals surface area contributed by atoms with Crippen LogP contribution in [0.15, 0.2) is 10.5 Å². The van der Waals surface area contributed by atoms with Crippen LogP contribution < -0.4 is 0 Å². The highest BCUT2D eigenvalue weighted by Crippen LogP contribution is 2.31. The number of benzene rings is 1. The molecular formula is C7H5BrFIO. The fourth-order valence-corrected chi connectivity index (χ4v) is 1.99. The van der Waals surface area contributed by atoms with E-state index in [2.05, 4.69) is 15.9 Å². The number of rotatable bonds is 0. The number of hydrogen-bond acceptors (Lipinski definition) is 1. The van der Waals surface area contributed by atoms with Gasteiger partial charge in [-0.3, -0.25) is 0 Å². The maximum atomic E-state index is 12.7. The molecule has 1 rings (SSSR count). The largest absolute Gasteiger partial charge is 0.504 e. The van der Waals surface area contributed by atoms with Crippen molar-refractivity contribution in [3.8, 4) is 5.75 Å². The van der Waals surface area contributed by atoms with Crippen molar-refractivity contribution in [1.82, 2.24) is 0 Å². The third-order valence-electron chi connectivity index (χ3n) is 1.38. The lowest BCUT2D eigenvalue weighted by atomic mass is 10.2. The molecule has 0 aliphatic rings. The van der Waals surface area contributed by atoms with Crippen molar-refractivity contribution < 1.29 is 9.50 Å². The van der Waals surface area contributed by atoms with Gasteiger partial charge in [-0.1, -0.05) is 15.9 Å². The van der Waals surface area contributed by atoms with Crippen LogP contribution >= 0.6 is 38.5 Å². The number of hydrogen-bond donors (Lipinski definition) is 1. The van der Waals surface area contributed by atoms with E-state index < -0.39 is 5.82 Å². The Labute approximate surface area is 85.9 Å². The van der Waals surface area contributed by atoms with Gasteiger partial charge in [0, 0.05) is 4.47 Å². The maximum absolute atomic E-state index is 12.7. The highest BCUT2D eigenvalue weighted by atomic mass is 127. The van der Waals surface area contributed by atoms with Gasteiger partial charge in [0.25, 0.3) is 0 Å². The zero-order valence-electron chi connectivity index (χ0n) is 5.66. The minimum atomic E-state index is -0.591. The van der Waals surface area contributed by atoms with E-state index in [0.29, 0.717) is 8.04 Å². The molecular weight excluding hydrogens is 326 g/mol. The van der Waals surface area contributed by atoms with Crippen LogP contribution in [0.1, 0.15) is 5.56 Å². The summed E-state index contributed by atoms with van der Waals surface area (Å²) in [5, 5.41) is 9.11. The second kappa shape index (κ2) is 3.26. The quantitative estimate of drug-likeness (QED) is 0.724. The van der Waals surface area contributed by atoms with Crippen LogP contribution in [0.3, 0.4) is 0 Å². The Bertz CT molecular complexity index is 275. The first-order valence-corrected chi connectivity index (χ1v) is 4.74. The summed E-state index contributed by atoms with van der Waals surface area (Å²) in [7, 11) is 0. The molecule has 1 N–H and O–H groups in total. The van der Waals surface area contributed by atoms with E-state index in [9.17, 15) is 4.39 Å². The molecule has 1 aromatic carbocycles. The van der Waals surface area contributed by atoms with E-state index in [4.69, 9.17) is 5.11 Å². The Morgan fingerprint density at radius 3 is 2.73 bits per heavy atom. The average Bonchev–Trinajstić information content (AvgIpc) is 1.97. The second-order valence-corrected chi connectivity index (χ2v) is 4.06. The van der Waals surface area contributed by atoms with Crippen molar-refractivity contribution in [3.63, 3.8) is 0 Å². The highest BCUT2D eigenvalue weighted by molar-refractivity contribution is 14.1. The number of phenols is 1. The van der Waals surface area contributed by atoms with Crippen LogP contribution in [0.5, 0.6) is 5.75 Å². The fraction of sp³-hybridized carbons (Fsp3) is 0.143. The lowest BCUT2D eigenvalue weighted by molar-refractivity contribution is 0.427. The van der Waals surface area contributed by atoms with E-state index in [1.165, 1.54) is 6.07 Å². The van der Waals surface area contributed by atoms with E-state index >= 15 is 0 Å². The minimum Gasteiger partial charge on any atom is -0.504 e. The van der Waals surface area contributed by atoms with Crippen LogP contribution in [0, 0.1) is 16.3 Å². The highest BCUT2D eigenvalue weighted by Gasteiger charge is 2.10. The summed E-state index contributed by atoms with van der Waals surface area (Å²) in [6.45, 7) is 1.81. The van der Waals surface area contributed by atoms with E-state index in [1.54, 1.807) is 0 Å². The molecule has 60 valence electrons. The normalized spacial score (nSPS) is 10.2. The third kappa shape index (κ3) is 1.66. The summed E-state index contributed by atoms with van der Waals surface area (Å²) in [6, 6.07) is 1.26. The first kappa shape index (κ1) is 9.25. The Balaban J connectivity index is 3.46. The third-order valence-corrected chi connectivity index (χ3v) is 3.52. The van der Waals surface area contributed by atoms with Gasteiger partial charge < -0.3 is 5.11 Å². The number of phenolic OH excluding ortho intramolecular Hbond substituents is 1. The second-order valence-electron chi connectivity index (χ2n) is 2.13. The van der Waals surface area contributed by atoms with Gasteiger partial charge in [-0.15, -0.1) is 0 Å². The predicted octanol–water partition coefficient (Wildman–Crippen LogP) is 3.21. The summed E-state index contributed by atoms with van der Waals surface area (Å²) in [5.41, 5.74) is 0.851. The van der Waals surface area contributed by atoms with Crippen molar-refractivity contribution >= 4 is 38.5 Å². The number of aromatic hydroxyl groups is 1. The lowest BCUT2D eigenvalue weighted by Gasteiger charge is -2.04. The van der Waals surface area contributed by atoms with Crippen molar-refractivity contribution in [2.45, 2.75) is 6.92 Å². The van der Waals surface area contributed by atoms with Crippen LogP contribution in [0.2, 0.25) is 0 Å². The van der Waals surface area contributed by atoms with Crippen LogP contribution in [-0.2, 0) is 0 Å². The number of halogens is 3. The molecule has 0 aliphatic heterocycles. The van der Waals surface area contributed by atoms with Gasteiger partial charge in [0.2, 0.25) is 0 Å². The first-order chi connectivity index (χ1) is 5.04. The first-order valence-electron chi connectivity index (χ1n) is 2.87. The fourth-order valence-electron chi connectivity index (χ4n) is 0.675. The Hall–Kier alpha value is 0.160. The lowest BCUT2D eigenvalue weighted by Crippen LogP contribution is -1.87. The molecule has 0 amide bonds. The molecule has 0 saturated heterocycles. The van der Waals surface area contributed by atoms with Crippen LogP contribution in [0.25, 0.3) is 0 Å². The molecule has 4 heteroatoms. The van der Waals surface area contributed by atoms with Gasteiger partial charge in [0.15, 0.2) is 11.6 Å². The molecule has 0 spiro atoms. The molecule has 0 bridgehead atoms. The van der Waals surface area contributed by atoms with Gasteiger partial charge in [0.05, 0.1) is 3.57 Å². The molecule has 0 unspecified atom stereocenters. The Kier molecular flexibility index (Phi) is 2.74. The minimum absolute atomic E-state index is 0.272. The van der Waals surface area contributed by atoms with Gasteiger partial charge in [-0.2, -0.15) is 0 Å². The summed E-state index contributed by atoms with van der Waals surface area (Å²) in [4.78, 5) is 0. The molecule has 1 aromatic rings. The molecule has 0 heterocycles. The topological polar surface area (TPSA) is 20.2 Å². The van der Waals surface area contributed by atoms with E-state index in [-0.39, 0.29) is 5.75 Å². The smallest absolute Gasteiger partial charge is 0.167 e. The standard InChI is InChI=1S/C7H5BrFIO/c1-3-4(8)2-5(9)7(11)6(3)10/h2,11H,1H3. The van der Waals surface area contributed by atoms with Gasteiger partial charge in [-0.25, -0.2) is 4.39 Å². The molecule has 0 radical (unpaired) electrons. The van der Waals surface area contributed by atoms with Crippen LogP contribution in [0.4, 0.5) is 4.39 Å². The summed E-state index contributed by atoms with van der Waals surface area (Å²) >= 11 is 5.08. The van der Waals surface area contributed by atoms with Crippen molar-refractivity contribution in [2.75, 3.05) is 0 Å². The molecule has 0 saturated carbocycles. The maximum Gasteiger partial charge on any atom is 0.167 e. The summed E-state index contributed by atoms with van der Waals surface area (Å²) in [5.74, 6) is -0.863. The van der Waals surface area contributed by atoms with Crippen molar-refractivity contribution in [3.05, 3.63) is 25.5 Å².